The van der Waals surface area contributed by atoms with Crippen molar-refractivity contribution in [1.29, 1.82) is 0 Å². The van der Waals surface area contributed by atoms with E-state index in [-0.39, 0.29) is 4.90 Å². The molecule has 0 unspecified atom stereocenters. The fraction of sp³-hybridized carbons (Fsp3) is 0.167. The molecule has 18 heavy (non-hydrogen) atoms. The first-order chi connectivity index (χ1) is 8.49. The van der Waals surface area contributed by atoms with Crippen LogP contribution in [-0.4, -0.2) is 8.42 Å². The van der Waals surface area contributed by atoms with Gasteiger partial charge in [0.05, 0.1) is 4.90 Å². The number of nitrogens with two attached hydrogens (primary N) is 1. The third-order valence-corrected chi connectivity index (χ3v) is 5.02. The largest absolute Gasteiger partial charge is 0.399 e. The maximum Gasteiger partial charge on any atom is 0.240 e. The number of rotatable bonds is 4. The van der Waals surface area contributed by atoms with Gasteiger partial charge in [-0.15, -0.1) is 11.3 Å². The highest BCUT2D eigenvalue weighted by atomic mass is 32.2. The standard InChI is InChI=1S/C12H14N2O2S2/c1-9-6-7-17-12(9)8-14-18(15,16)11-4-2-10(13)3-5-11/h2-7,14H,8,13H2,1H3. The van der Waals surface area contributed by atoms with E-state index >= 15 is 0 Å². The smallest absolute Gasteiger partial charge is 0.240 e. The second kappa shape index (κ2) is 5.09. The van der Waals surface area contributed by atoms with E-state index in [1.54, 1.807) is 23.5 Å². The van der Waals surface area contributed by atoms with Crippen molar-refractivity contribution in [3.63, 3.8) is 0 Å². The number of nitrogen functional groups attached to an aromatic ring is 1. The van der Waals surface area contributed by atoms with E-state index in [2.05, 4.69) is 4.72 Å². The summed E-state index contributed by atoms with van der Waals surface area (Å²) in [7, 11) is -3.47. The third-order valence-electron chi connectivity index (χ3n) is 2.58. The molecule has 0 aliphatic heterocycles. The number of thiophene rings is 1. The molecule has 96 valence electrons. The maximum atomic E-state index is 12.0. The van der Waals surface area contributed by atoms with E-state index in [1.807, 2.05) is 18.4 Å². The summed E-state index contributed by atoms with van der Waals surface area (Å²) in [6.45, 7) is 2.28. The lowest BCUT2D eigenvalue weighted by molar-refractivity contribution is 0.582. The Bertz CT molecular complexity index is 630. The first-order valence-corrected chi connectivity index (χ1v) is 7.73. The van der Waals surface area contributed by atoms with Crippen molar-refractivity contribution in [3.8, 4) is 0 Å². The maximum absolute atomic E-state index is 12.0. The minimum absolute atomic E-state index is 0.228. The predicted molar refractivity (Wildman–Crippen MR) is 73.9 cm³/mol. The van der Waals surface area contributed by atoms with Gasteiger partial charge in [-0.05, 0) is 48.2 Å². The van der Waals surface area contributed by atoms with E-state index in [1.165, 1.54) is 12.1 Å². The average Bonchev–Trinajstić information content (AvgIpc) is 2.73. The number of benzene rings is 1. The van der Waals surface area contributed by atoms with Crippen LogP contribution < -0.4 is 10.5 Å². The molecule has 0 radical (unpaired) electrons. The molecular formula is C12H14N2O2S2. The van der Waals surface area contributed by atoms with E-state index in [4.69, 9.17) is 5.73 Å². The van der Waals surface area contributed by atoms with Gasteiger partial charge >= 0.3 is 0 Å². The molecule has 0 atom stereocenters. The molecule has 0 amide bonds. The van der Waals surface area contributed by atoms with Crippen molar-refractivity contribution in [1.82, 2.24) is 4.72 Å². The van der Waals surface area contributed by atoms with Gasteiger partial charge in [0, 0.05) is 17.1 Å². The van der Waals surface area contributed by atoms with Gasteiger partial charge in [0.2, 0.25) is 10.0 Å². The third kappa shape index (κ3) is 2.90. The van der Waals surface area contributed by atoms with Crippen LogP contribution in [0, 0.1) is 6.92 Å². The lowest BCUT2D eigenvalue weighted by Crippen LogP contribution is -2.23. The van der Waals surface area contributed by atoms with Crippen LogP contribution in [0.4, 0.5) is 5.69 Å². The highest BCUT2D eigenvalue weighted by Gasteiger charge is 2.14. The second-order valence-electron chi connectivity index (χ2n) is 3.92. The van der Waals surface area contributed by atoms with Crippen LogP contribution in [0.3, 0.4) is 0 Å². The summed E-state index contributed by atoms with van der Waals surface area (Å²) in [6.07, 6.45) is 0. The Balaban J connectivity index is 2.13. The lowest BCUT2D eigenvalue weighted by Gasteiger charge is -2.06. The Morgan fingerprint density at radius 3 is 2.44 bits per heavy atom. The number of sulfonamides is 1. The van der Waals surface area contributed by atoms with E-state index < -0.39 is 10.0 Å². The summed E-state index contributed by atoms with van der Waals surface area (Å²) < 4.78 is 26.6. The molecule has 1 heterocycles. The zero-order valence-corrected chi connectivity index (χ0v) is 11.5. The summed E-state index contributed by atoms with van der Waals surface area (Å²) in [5, 5.41) is 1.95. The van der Waals surface area contributed by atoms with Crippen LogP contribution in [0.2, 0.25) is 0 Å². The normalized spacial score (nSPS) is 11.6. The average molecular weight is 282 g/mol. The van der Waals surface area contributed by atoms with E-state index in [0.29, 0.717) is 12.2 Å². The first-order valence-electron chi connectivity index (χ1n) is 5.37. The van der Waals surface area contributed by atoms with Crippen LogP contribution in [0.5, 0.6) is 0 Å². The van der Waals surface area contributed by atoms with Crippen molar-refractivity contribution in [2.75, 3.05) is 5.73 Å². The zero-order valence-electron chi connectivity index (χ0n) is 9.88. The monoisotopic (exact) mass is 282 g/mol. The van der Waals surface area contributed by atoms with Crippen LogP contribution >= 0.6 is 11.3 Å². The molecular weight excluding hydrogens is 268 g/mol. The molecule has 0 fully saturated rings. The van der Waals surface area contributed by atoms with Gasteiger partial charge in [0.1, 0.15) is 0 Å². The van der Waals surface area contributed by atoms with Gasteiger partial charge in [0.25, 0.3) is 0 Å². The van der Waals surface area contributed by atoms with E-state index in [9.17, 15) is 8.42 Å². The quantitative estimate of drug-likeness (QED) is 0.844. The number of aryl methyl sites for hydroxylation is 1. The first kappa shape index (κ1) is 13.1. The minimum Gasteiger partial charge on any atom is -0.399 e. The van der Waals surface area contributed by atoms with Gasteiger partial charge in [-0.2, -0.15) is 0 Å². The molecule has 0 aliphatic rings. The molecule has 0 saturated heterocycles. The van der Waals surface area contributed by atoms with Gasteiger partial charge < -0.3 is 5.73 Å². The van der Waals surface area contributed by atoms with Crippen molar-refractivity contribution < 1.29 is 8.42 Å². The molecule has 0 spiro atoms. The van der Waals surface area contributed by atoms with Crippen molar-refractivity contribution in [3.05, 3.63) is 46.2 Å². The zero-order chi connectivity index (χ0) is 13.2. The highest BCUT2D eigenvalue weighted by molar-refractivity contribution is 7.89. The summed E-state index contributed by atoms with van der Waals surface area (Å²) >= 11 is 1.54. The summed E-state index contributed by atoms with van der Waals surface area (Å²) in [5.74, 6) is 0. The van der Waals surface area contributed by atoms with Crippen molar-refractivity contribution in [2.24, 2.45) is 0 Å². The van der Waals surface area contributed by atoms with Gasteiger partial charge in [-0.25, -0.2) is 13.1 Å². The number of hydrogen-bond donors (Lipinski definition) is 2. The molecule has 1 aromatic heterocycles. The molecule has 0 aliphatic carbocycles. The minimum atomic E-state index is -3.47. The fourth-order valence-corrected chi connectivity index (χ4v) is 3.41. The Labute approximate surface area is 111 Å². The Kier molecular flexibility index (Phi) is 3.70. The highest BCUT2D eigenvalue weighted by Crippen LogP contribution is 2.17. The molecule has 0 saturated carbocycles. The Morgan fingerprint density at radius 1 is 1.22 bits per heavy atom. The molecule has 0 bridgehead atoms. The number of anilines is 1. The van der Waals surface area contributed by atoms with Crippen LogP contribution in [-0.2, 0) is 16.6 Å². The summed E-state index contributed by atoms with van der Waals surface area (Å²) in [6, 6.07) is 8.12. The molecule has 1 aromatic carbocycles. The van der Waals surface area contributed by atoms with Crippen LogP contribution in [0.15, 0.2) is 40.6 Å². The van der Waals surface area contributed by atoms with E-state index in [0.717, 1.165) is 10.4 Å². The predicted octanol–water partition coefficient (Wildman–Crippen LogP) is 2.12. The van der Waals surface area contributed by atoms with Gasteiger partial charge in [-0.3, -0.25) is 0 Å². The molecule has 2 rings (SSSR count). The van der Waals surface area contributed by atoms with Crippen molar-refractivity contribution >= 4 is 27.0 Å². The number of hydrogen-bond acceptors (Lipinski definition) is 4. The van der Waals surface area contributed by atoms with Crippen LogP contribution in [0.1, 0.15) is 10.4 Å². The van der Waals surface area contributed by atoms with Gasteiger partial charge in [-0.1, -0.05) is 0 Å². The molecule has 3 N–H and O–H groups in total. The fourth-order valence-electron chi connectivity index (χ4n) is 1.48. The van der Waals surface area contributed by atoms with Crippen LogP contribution in [0.25, 0.3) is 0 Å². The molecule has 2 aromatic rings. The Morgan fingerprint density at radius 2 is 1.89 bits per heavy atom. The number of nitrogens with one attached hydrogen (secondary N) is 1. The summed E-state index contributed by atoms with van der Waals surface area (Å²) in [5.41, 5.74) is 7.17. The molecule has 4 nitrogen and oxygen atoms in total. The lowest BCUT2D eigenvalue weighted by atomic mass is 10.3. The topological polar surface area (TPSA) is 72.2 Å². The van der Waals surface area contributed by atoms with Crippen molar-refractivity contribution in [2.45, 2.75) is 18.4 Å². The SMILES string of the molecule is Cc1ccsc1CNS(=O)(=O)c1ccc(N)cc1. The van der Waals surface area contributed by atoms with Gasteiger partial charge in [0.15, 0.2) is 0 Å². The summed E-state index contributed by atoms with van der Waals surface area (Å²) in [4.78, 5) is 1.25. The molecule has 6 heteroatoms. The second-order valence-corrected chi connectivity index (χ2v) is 6.69. The Hall–Kier alpha value is -1.37.